The fraction of sp³-hybridized carbons (Fsp3) is 0.261. The number of fused-ring (bicyclic) bond motifs is 3. The molecule has 0 atom stereocenters. The fourth-order valence-corrected chi connectivity index (χ4v) is 3.76. The molecule has 0 aliphatic carbocycles. The Balaban J connectivity index is 1.85. The molecule has 0 N–H and O–H groups in total. The minimum absolute atomic E-state index is 0.200. The van der Waals surface area contributed by atoms with Crippen LogP contribution in [0.1, 0.15) is 23.0 Å². The van der Waals surface area contributed by atoms with Crippen molar-refractivity contribution in [2.75, 3.05) is 25.7 Å². The van der Waals surface area contributed by atoms with Crippen molar-refractivity contribution < 1.29 is 9.53 Å². The first-order valence-corrected chi connectivity index (χ1v) is 9.93. The van der Waals surface area contributed by atoms with Gasteiger partial charge in [-0.05, 0) is 30.2 Å². The first-order valence-electron chi connectivity index (χ1n) is 9.93. The predicted molar refractivity (Wildman–Crippen MR) is 117 cm³/mol. The van der Waals surface area contributed by atoms with Crippen LogP contribution in [0.5, 0.6) is 0 Å². The number of carbonyl (C=O) groups is 1. The highest BCUT2D eigenvalue weighted by molar-refractivity contribution is 6.05. The fourth-order valence-electron chi connectivity index (χ4n) is 3.76. The van der Waals surface area contributed by atoms with Crippen LogP contribution in [0.2, 0.25) is 0 Å². The number of nitrogens with zero attached hydrogens (tertiary/aromatic N) is 4. The molecule has 7 heteroatoms. The third-order valence-electron chi connectivity index (χ3n) is 5.35. The van der Waals surface area contributed by atoms with Crippen molar-refractivity contribution in [2.45, 2.75) is 19.9 Å². The van der Waals surface area contributed by atoms with Crippen molar-refractivity contribution in [3.63, 3.8) is 0 Å². The third-order valence-corrected chi connectivity index (χ3v) is 5.35. The van der Waals surface area contributed by atoms with Gasteiger partial charge in [0, 0.05) is 32.5 Å². The largest absolute Gasteiger partial charge is 0.383 e. The van der Waals surface area contributed by atoms with Crippen molar-refractivity contribution in [3.8, 4) is 0 Å². The van der Waals surface area contributed by atoms with E-state index in [-0.39, 0.29) is 17.2 Å². The summed E-state index contributed by atoms with van der Waals surface area (Å²) in [4.78, 5) is 27.9. The maximum atomic E-state index is 13.2. The quantitative estimate of drug-likeness (QED) is 0.495. The number of para-hydroxylation sites is 3. The van der Waals surface area contributed by atoms with Crippen molar-refractivity contribution in [1.82, 2.24) is 14.2 Å². The van der Waals surface area contributed by atoms with E-state index < -0.39 is 0 Å². The zero-order valence-electron chi connectivity index (χ0n) is 17.3. The van der Waals surface area contributed by atoms with Gasteiger partial charge in [0.25, 0.3) is 11.5 Å². The van der Waals surface area contributed by atoms with Crippen molar-refractivity contribution in [2.24, 2.45) is 0 Å². The maximum Gasteiger partial charge on any atom is 0.278 e. The maximum absolute atomic E-state index is 13.2. The summed E-state index contributed by atoms with van der Waals surface area (Å²) < 4.78 is 8.39. The van der Waals surface area contributed by atoms with Gasteiger partial charge in [-0.1, -0.05) is 37.3 Å². The Kier molecular flexibility index (Phi) is 5.37. The standard InChI is InChI=1S/C23H24N4O3/c1-4-16-9-5-6-10-18(16)25(2)22(28)17-15-21-23(29)26(13-14-30-3)19-11-7-8-12-20(19)27(21)24-17/h5-12,15H,4,13-14H2,1-3H3. The Morgan fingerprint density at radius 1 is 1.07 bits per heavy atom. The van der Waals surface area contributed by atoms with Crippen LogP contribution in [0.4, 0.5) is 5.69 Å². The van der Waals surface area contributed by atoms with E-state index >= 15 is 0 Å². The lowest BCUT2D eigenvalue weighted by Crippen LogP contribution is -2.27. The molecule has 0 unspecified atom stereocenters. The average molecular weight is 404 g/mol. The van der Waals surface area contributed by atoms with Gasteiger partial charge in [0.05, 0.1) is 17.6 Å². The number of hydrogen-bond donors (Lipinski definition) is 0. The monoisotopic (exact) mass is 404 g/mol. The van der Waals surface area contributed by atoms with E-state index in [1.807, 2.05) is 48.5 Å². The van der Waals surface area contributed by atoms with Crippen LogP contribution in [-0.4, -0.2) is 40.9 Å². The zero-order valence-corrected chi connectivity index (χ0v) is 17.3. The van der Waals surface area contributed by atoms with Gasteiger partial charge in [0.15, 0.2) is 5.69 Å². The number of ether oxygens (including phenoxy) is 1. The number of aromatic nitrogens is 3. The van der Waals surface area contributed by atoms with Crippen molar-refractivity contribution in [3.05, 3.63) is 76.2 Å². The highest BCUT2D eigenvalue weighted by Gasteiger charge is 2.21. The molecule has 0 spiro atoms. The van der Waals surface area contributed by atoms with Crippen LogP contribution in [0.25, 0.3) is 16.6 Å². The summed E-state index contributed by atoms with van der Waals surface area (Å²) >= 11 is 0. The number of methoxy groups -OCH3 is 1. The minimum Gasteiger partial charge on any atom is -0.383 e. The van der Waals surface area contributed by atoms with E-state index in [1.54, 1.807) is 34.2 Å². The number of anilines is 1. The second-order valence-corrected chi connectivity index (χ2v) is 7.11. The zero-order chi connectivity index (χ0) is 21.3. The Morgan fingerprint density at radius 2 is 1.77 bits per heavy atom. The molecule has 4 aromatic rings. The Hall–Kier alpha value is -3.45. The Morgan fingerprint density at radius 3 is 2.50 bits per heavy atom. The number of aryl methyl sites for hydroxylation is 1. The van der Waals surface area contributed by atoms with E-state index in [4.69, 9.17) is 4.74 Å². The summed E-state index contributed by atoms with van der Waals surface area (Å²) in [7, 11) is 3.33. The van der Waals surface area contributed by atoms with E-state index in [1.165, 1.54) is 0 Å². The molecule has 2 aromatic heterocycles. The van der Waals surface area contributed by atoms with Crippen LogP contribution in [0, 0.1) is 0 Å². The Labute approximate surface area is 174 Å². The number of rotatable bonds is 6. The van der Waals surface area contributed by atoms with Crippen LogP contribution < -0.4 is 10.5 Å². The van der Waals surface area contributed by atoms with Gasteiger partial charge in [-0.3, -0.25) is 9.59 Å². The molecule has 0 aliphatic rings. The number of carbonyl (C=O) groups excluding carboxylic acids is 1. The van der Waals surface area contributed by atoms with E-state index in [0.717, 1.165) is 28.7 Å². The summed E-state index contributed by atoms with van der Waals surface area (Å²) in [5.41, 5.74) is 3.82. The van der Waals surface area contributed by atoms with Gasteiger partial charge < -0.3 is 14.2 Å². The van der Waals surface area contributed by atoms with Crippen molar-refractivity contribution >= 4 is 28.1 Å². The molecule has 7 nitrogen and oxygen atoms in total. The predicted octanol–water partition coefficient (Wildman–Crippen LogP) is 3.13. The number of hydrogen-bond acceptors (Lipinski definition) is 4. The molecule has 0 fully saturated rings. The van der Waals surface area contributed by atoms with Gasteiger partial charge in [-0.15, -0.1) is 0 Å². The summed E-state index contributed by atoms with van der Waals surface area (Å²) in [6.45, 7) is 2.89. The van der Waals surface area contributed by atoms with E-state index in [9.17, 15) is 9.59 Å². The average Bonchev–Trinajstić information content (AvgIpc) is 3.24. The van der Waals surface area contributed by atoms with Gasteiger partial charge in [0.1, 0.15) is 5.52 Å². The van der Waals surface area contributed by atoms with Gasteiger partial charge in [-0.25, -0.2) is 4.52 Å². The first kappa shape index (κ1) is 19.8. The highest BCUT2D eigenvalue weighted by Crippen LogP contribution is 2.22. The van der Waals surface area contributed by atoms with Crippen LogP contribution in [0.15, 0.2) is 59.4 Å². The van der Waals surface area contributed by atoms with Gasteiger partial charge in [0.2, 0.25) is 0 Å². The number of amides is 1. The summed E-state index contributed by atoms with van der Waals surface area (Å²) in [5, 5.41) is 4.51. The first-order chi connectivity index (χ1) is 14.6. The molecule has 0 radical (unpaired) electrons. The summed E-state index contributed by atoms with van der Waals surface area (Å²) in [6.07, 6.45) is 0.813. The molecule has 30 heavy (non-hydrogen) atoms. The lowest BCUT2D eigenvalue weighted by atomic mass is 10.1. The second kappa shape index (κ2) is 8.12. The Bertz CT molecular complexity index is 1290. The molecule has 4 rings (SSSR count). The molecule has 2 aromatic carbocycles. The topological polar surface area (TPSA) is 68.8 Å². The normalized spacial score (nSPS) is 11.3. The molecule has 0 saturated heterocycles. The van der Waals surface area contributed by atoms with E-state index in [2.05, 4.69) is 12.0 Å². The molecule has 0 bridgehead atoms. The molecule has 2 heterocycles. The molecule has 0 aliphatic heterocycles. The lowest BCUT2D eigenvalue weighted by molar-refractivity contribution is 0.0988. The molecular formula is C23H24N4O3. The molecule has 1 amide bonds. The van der Waals surface area contributed by atoms with Crippen LogP contribution in [0.3, 0.4) is 0 Å². The molecular weight excluding hydrogens is 380 g/mol. The van der Waals surface area contributed by atoms with Gasteiger partial charge >= 0.3 is 0 Å². The smallest absolute Gasteiger partial charge is 0.278 e. The summed E-state index contributed by atoms with van der Waals surface area (Å²) in [6, 6.07) is 16.9. The third kappa shape index (κ3) is 3.27. The minimum atomic E-state index is -0.258. The van der Waals surface area contributed by atoms with Gasteiger partial charge in [-0.2, -0.15) is 5.10 Å². The highest BCUT2D eigenvalue weighted by atomic mass is 16.5. The van der Waals surface area contributed by atoms with Crippen LogP contribution >= 0.6 is 0 Å². The molecule has 0 saturated carbocycles. The summed E-state index contributed by atoms with van der Waals surface area (Å²) in [5.74, 6) is -0.258. The second-order valence-electron chi connectivity index (χ2n) is 7.11. The number of benzene rings is 2. The van der Waals surface area contributed by atoms with E-state index in [0.29, 0.717) is 18.7 Å². The lowest BCUT2D eigenvalue weighted by Gasteiger charge is -2.19. The van der Waals surface area contributed by atoms with Crippen LogP contribution in [-0.2, 0) is 17.7 Å². The van der Waals surface area contributed by atoms with Crippen molar-refractivity contribution in [1.29, 1.82) is 0 Å². The SMILES string of the molecule is CCc1ccccc1N(C)C(=O)c1cc2c(=O)n(CCOC)c3ccccc3n2n1. The molecule has 154 valence electrons.